The van der Waals surface area contributed by atoms with Crippen LogP contribution in [0.5, 0.6) is 0 Å². The number of aromatic nitrogens is 1. The lowest BCUT2D eigenvalue weighted by Gasteiger charge is -2.23. The molecule has 0 aromatic carbocycles. The number of esters is 1. The van der Waals surface area contributed by atoms with Gasteiger partial charge in [-0.05, 0) is 25.0 Å². The number of carboxylic acid groups (broad SMARTS) is 1. The van der Waals surface area contributed by atoms with Crippen LogP contribution < -0.4 is 10.6 Å². The van der Waals surface area contributed by atoms with E-state index in [0.29, 0.717) is 17.2 Å². The Balaban J connectivity index is 0.000000381. The van der Waals surface area contributed by atoms with Crippen molar-refractivity contribution in [1.82, 2.24) is 4.98 Å². The molecule has 7 nitrogen and oxygen atoms in total. The molecule has 0 atom stereocenters. The summed E-state index contributed by atoms with van der Waals surface area (Å²) < 4.78 is 36.5. The second-order valence-corrected chi connectivity index (χ2v) is 5.30. The fourth-order valence-electron chi connectivity index (χ4n) is 2.26. The van der Waals surface area contributed by atoms with Crippen LogP contribution >= 0.6 is 0 Å². The first-order valence-electron chi connectivity index (χ1n) is 7.56. The number of methoxy groups -OCH3 is 1. The Kier molecular flexibility index (Phi) is 7.46. The number of aliphatic carboxylic acids is 1. The summed E-state index contributed by atoms with van der Waals surface area (Å²) in [7, 11) is 1.38. The van der Waals surface area contributed by atoms with E-state index < -0.39 is 12.1 Å². The van der Waals surface area contributed by atoms with Gasteiger partial charge in [0.25, 0.3) is 0 Å². The zero-order chi connectivity index (χ0) is 19.0. The molecule has 0 bridgehead atoms. The number of carbonyl (C=O) groups is 2. The predicted molar refractivity (Wildman–Crippen MR) is 84.4 cm³/mol. The minimum Gasteiger partial charge on any atom is -0.475 e. The van der Waals surface area contributed by atoms with Gasteiger partial charge in [-0.2, -0.15) is 13.2 Å². The third kappa shape index (κ3) is 6.48. The molecule has 1 aliphatic heterocycles. The average molecular weight is 363 g/mol. The van der Waals surface area contributed by atoms with E-state index in [-0.39, 0.29) is 5.97 Å². The zero-order valence-corrected chi connectivity index (χ0v) is 13.7. The van der Waals surface area contributed by atoms with Gasteiger partial charge in [0.15, 0.2) is 0 Å². The van der Waals surface area contributed by atoms with Crippen LogP contribution in [-0.4, -0.2) is 48.4 Å². The minimum absolute atomic E-state index is 0.359. The molecule has 0 unspecified atom stereocenters. The predicted octanol–water partition coefficient (Wildman–Crippen LogP) is 2.46. The van der Waals surface area contributed by atoms with Gasteiger partial charge < -0.3 is 20.5 Å². The van der Waals surface area contributed by atoms with Gasteiger partial charge in [-0.25, -0.2) is 14.6 Å². The quantitative estimate of drug-likeness (QED) is 0.778. The number of anilines is 2. The van der Waals surface area contributed by atoms with Crippen LogP contribution in [0.1, 0.15) is 36.0 Å². The molecule has 0 aliphatic carbocycles. The summed E-state index contributed by atoms with van der Waals surface area (Å²) in [6.45, 7) is 1.83. The van der Waals surface area contributed by atoms with Crippen LogP contribution in [0.15, 0.2) is 12.1 Å². The number of nitrogens with two attached hydrogens (primary N) is 1. The highest BCUT2D eigenvalue weighted by atomic mass is 19.4. The number of nitrogen functional groups attached to an aromatic ring is 1. The van der Waals surface area contributed by atoms with Gasteiger partial charge in [0.2, 0.25) is 0 Å². The van der Waals surface area contributed by atoms with Gasteiger partial charge in [0.1, 0.15) is 17.2 Å². The molecule has 0 radical (unpaired) electrons. The maximum atomic E-state index is 11.7. The normalized spacial score (nSPS) is 14.8. The summed E-state index contributed by atoms with van der Waals surface area (Å²) in [5.41, 5.74) is 6.22. The van der Waals surface area contributed by atoms with Gasteiger partial charge in [0, 0.05) is 13.1 Å². The fourth-order valence-corrected chi connectivity index (χ4v) is 2.26. The van der Waals surface area contributed by atoms with Crippen molar-refractivity contribution in [2.75, 3.05) is 30.8 Å². The van der Waals surface area contributed by atoms with E-state index in [1.807, 2.05) is 0 Å². The molecule has 1 saturated heterocycles. The van der Waals surface area contributed by atoms with Crippen molar-refractivity contribution in [1.29, 1.82) is 0 Å². The van der Waals surface area contributed by atoms with Gasteiger partial charge in [-0.3, -0.25) is 0 Å². The van der Waals surface area contributed by atoms with Crippen LogP contribution in [0.3, 0.4) is 0 Å². The van der Waals surface area contributed by atoms with Gasteiger partial charge in [-0.15, -0.1) is 0 Å². The van der Waals surface area contributed by atoms with Crippen molar-refractivity contribution < 1.29 is 32.6 Å². The van der Waals surface area contributed by atoms with Crippen LogP contribution in [0.25, 0.3) is 0 Å². The smallest absolute Gasteiger partial charge is 0.475 e. The molecule has 0 spiro atoms. The van der Waals surface area contributed by atoms with Crippen molar-refractivity contribution in [2.24, 2.45) is 0 Å². The van der Waals surface area contributed by atoms with Crippen LogP contribution in [0, 0.1) is 0 Å². The molecular formula is C15H20F3N3O4. The summed E-state index contributed by atoms with van der Waals surface area (Å²) in [5, 5.41) is 7.12. The third-order valence-electron chi connectivity index (χ3n) is 3.45. The zero-order valence-electron chi connectivity index (χ0n) is 13.7. The molecule has 1 aromatic rings. The summed E-state index contributed by atoms with van der Waals surface area (Å²) >= 11 is 0. The van der Waals surface area contributed by atoms with Crippen LogP contribution in [-0.2, 0) is 9.53 Å². The number of alkyl halides is 3. The highest BCUT2D eigenvalue weighted by Crippen LogP contribution is 2.23. The molecule has 0 amide bonds. The molecule has 1 aromatic heterocycles. The number of pyridine rings is 1. The number of rotatable bonds is 2. The number of hydrogen-bond donors (Lipinski definition) is 2. The van der Waals surface area contributed by atoms with E-state index >= 15 is 0 Å². The maximum Gasteiger partial charge on any atom is 0.490 e. The molecule has 0 saturated carbocycles. The summed E-state index contributed by atoms with van der Waals surface area (Å²) in [6, 6.07) is 3.32. The van der Waals surface area contributed by atoms with Crippen molar-refractivity contribution in [2.45, 2.75) is 31.9 Å². The monoisotopic (exact) mass is 363 g/mol. The third-order valence-corrected chi connectivity index (χ3v) is 3.45. The first-order chi connectivity index (χ1) is 11.7. The molecule has 3 N–H and O–H groups in total. The standard InChI is InChI=1S/C13H19N3O2.C2HF3O2/c1-18-13(17)10-6-7-11(14)15-12(10)16-8-4-2-3-5-9-16;3-2(4,5)1(6)7/h6-7H,2-5,8-9H2,1H3,(H2,14,15);(H,6,7). The van der Waals surface area contributed by atoms with E-state index in [0.717, 1.165) is 25.9 Å². The molecule has 1 aliphatic rings. The molecule has 140 valence electrons. The summed E-state index contributed by atoms with van der Waals surface area (Å²) in [6.07, 6.45) is -0.382. The molecular weight excluding hydrogens is 343 g/mol. The molecule has 2 heterocycles. The van der Waals surface area contributed by atoms with E-state index in [9.17, 15) is 18.0 Å². The lowest BCUT2D eigenvalue weighted by atomic mass is 10.2. The topological polar surface area (TPSA) is 106 Å². The Morgan fingerprint density at radius 1 is 1.20 bits per heavy atom. The molecule has 1 fully saturated rings. The Morgan fingerprint density at radius 2 is 1.72 bits per heavy atom. The average Bonchev–Trinajstić information content (AvgIpc) is 2.83. The van der Waals surface area contributed by atoms with Crippen molar-refractivity contribution in [3.05, 3.63) is 17.7 Å². The highest BCUT2D eigenvalue weighted by molar-refractivity contribution is 5.95. The number of halogens is 3. The van der Waals surface area contributed by atoms with Crippen LogP contribution in [0.2, 0.25) is 0 Å². The SMILES string of the molecule is COC(=O)c1ccc(N)nc1N1CCCCCC1.O=C(O)C(F)(F)F. The molecule has 10 heteroatoms. The Morgan fingerprint density at radius 3 is 2.16 bits per heavy atom. The second-order valence-electron chi connectivity index (χ2n) is 5.30. The lowest BCUT2D eigenvalue weighted by Crippen LogP contribution is -2.27. The van der Waals surface area contributed by atoms with Gasteiger partial charge in [-0.1, -0.05) is 12.8 Å². The number of hydrogen-bond acceptors (Lipinski definition) is 6. The van der Waals surface area contributed by atoms with E-state index in [4.69, 9.17) is 20.4 Å². The van der Waals surface area contributed by atoms with Crippen LogP contribution in [0.4, 0.5) is 24.8 Å². The number of carboxylic acids is 1. The van der Waals surface area contributed by atoms with E-state index in [1.165, 1.54) is 20.0 Å². The minimum atomic E-state index is -5.08. The van der Waals surface area contributed by atoms with Crippen molar-refractivity contribution in [3.8, 4) is 0 Å². The highest BCUT2D eigenvalue weighted by Gasteiger charge is 2.38. The Bertz CT molecular complexity index is 600. The number of nitrogens with zero attached hydrogens (tertiary/aromatic N) is 2. The second kappa shape index (κ2) is 9.09. The van der Waals surface area contributed by atoms with Crippen molar-refractivity contribution in [3.63, 3.8) is 0 Å². The van der Waals surface area contributed by atoms with Gasteiger partial charge in [0.05, 0.1) is 7.11 Å². The molecule has 2 rings (SSSR count). The largest absolute Gasteiger partial charge is 0.490 e. The Labute approximate surface area is 142 Å². The van der Waals surface area contributed by atoms with E-state index in [2.05, 4.69) is 9.88 Å². The Hall–Kier alpha value is -2.52. The first-order valence-corrected chi connectivity index (χ1v) is 7.56. The maximum absolute atomic E-state index is 11.7. The lowest BCUT2D eigenvalue weighted by molar-refractivity contribution is -0.192. The van der Waals surface area contributed by atoms with E-state index in [1.54, 1.807) is 12.1 Å². The first kappa shape index (κ1) is 20.5. The summed E-state index contributed by atoms with van der Waals surface area (Å²) in [5.74, 6) is -2.03. The van der Waals surface area contributed by atoms with Gasteiger partial charge >= 0.3 is 18.1 Å². The number of carbonyl (C=O) groups excluding carboxylic acids is 1. The summed E-state index contributed by atoms with van der Waals surface area (Å²) in [4.78, 5) is 27.1. The van der Waals surface area contributed by atoms with Crippen molar-refractivity contribution >= 4 is 23.6 Å². The number of ether oxygens (including phenoxy) is 1. The fraction of sp³-hybridized carbons (Fsp3) is 0.533. The molecule has 25 heavy (non-hydrogen) atoms.